The zero-order chi connectivity index (χ0) is 13.1. The Morgan fingerprint density at radius 3 is 2.61 bits per heavy atom. The van der Waals surface area contributed by atoms with Crippen LogP contribution in [-0.2, 0) is 4.79 Å². The van der Waals surface area contributed by atoms with Gasteiger partial charge in [0.25, 0.3) is 5.22 Å². The molecule has 5 nitrogen and oxygen atoms in total. The minimum Gasteiger partial charge on any atom is -0.480 e. The Hall–Kier alpha value is -1.82. The predicted molar refractivity (Wildman–Crippen MR) is 67.4 cm³/mol. The van der Waals surface area contributed by atoms with Crippen LogP contribution in [0.3, 0.4) is 0 Å². The Balaban J connectivity index is 2.15. The van der Waals surface area contributed by atoms with Gasteiger partial charge in [0.2, 0.25) is 5.89 Å². The summed E-state index contributed by atoms with van der Waals surface area (Å²) in [7, 11) is 0. The van der Waals surface area contributed by atoms with Crippen molar-refractivity contribution in [1.82, 2.24) is 10.2 Å². The van der Waals surface area contributed by atoms with Gasteiger partial charge in [-0.3, -0.25) is 4.79 Å². The number of benzene rings is 1. The molecular weight excluding hydrogens is 252 g/mol. The molecule has 2 rings (SSSR count). The average Bonchev–Trinajstić information content (AvgIpc) is 2.78. The van der Waals surface area contributed by atoms with Gasteiger partial charge in [0.05, 0.1) is 0 Å². The van der Waals surface area contributed by atoms with Crippen molar-refractivity contribution in [3.8, 4) is 11.5 Å². The van der Waals surface area contributed by atoms with E-state index in [1.165, 1.54) is 0 Å². The number of aromatic nitrogens is 2. The van der Waals surface area contributed by atoms with Gasteiger partial charge in [0.15, 0.2) is 0 Å². The lowest BCUT2D eigenvalue weighted by atomic mass is 10.1. The van der Waals surface area contributed by atoms with Crippen molar-refractivity contribution in [1.29, 1.82) is 0 Å². The Kier molecular flexibility index (Phi) is 3.66. The van der Waals surface area contributed by atoms with Crippen LogP contribution in [0.1, 0.15) is 12.5 Å². The van der Waals surface area contributed by atoms with Gasteiger partial charge in [-0.15, -0.1) is 10.2 Å². The molecule has 2 aromatic rings. The first-order valence-corrected chi connectivity index (χ1v) is 6.24. The summed E-state index contributed by atoms with van der Waals surface area (Å²) in [5.74, 6) is -0.509. The Labute approximate surface area is 108 Å². The number of aryl methyl sites for hydroxylation is 1. The van der Waals surface area contributed by atoms with Gasteiger partial charge in [-0.1, -0.05) is 29.5 Å². The molecule has 18 heavy (non-hydrogen) atoms. The fourth-order valence-electron chi connectivity index (χ4n) is 1.27. The number of carboxylic acid groups (broad SMARTS) is 1. The van der Waals surface area contributed by atoms with E-state index in [4.69, 9.17) is 9.52 Å². The third kappa shape index (κ3) is 2.89. The SMILES string of the molecule is Cc1ccc(-c2nnc(SC(C)C(=O)O)o2)cc1. The largest absolute Gasteiger partial charge is 0.480 e. The lowest BCUT2D eigenvalue weighted by Gasteiger charge is -1.99. The van der Waals surface area contributed by atoms with Crippen molar-refractivity contribution in [2.24, 2.45) is 0 Å². The standard InChI is InChI=1S/C12H12N2O3S/c1-7-3-5-9(6-4-7)10-13-14-12(17-10)18-8(2)11(15)16/h3-6,8H,1-2H3,(H,15,16). The van der Waals surface area contributed by atoms with Crippen LogP contribution >= 0.6 is 11.8 Å². The maximum atomic E-state index is 10.7. The normalized spacial score (nSPS) is 12.3. The molecule has 0 radical (unpaired) electrons. The van der Waals surface area contributed by atoms with Crippen molar-refractivity contribution in [3.63, 3.8) is 0 Å². The second-order valence-corrected chi connectivity index (χ2v) is 5.13. The minimum atomic E-state index is -0.907. The summed E-state index contributed by atoms with van der Waals surface area (Å²) < 4.78 is 5.41. The van der Waals surface area contributed by atoms with E-state index in [0.717, 1.165) is 22.9 Å². The minimum absolute atomic E-state index is 0.264. The zero-order valence-electron chi connectivity index (χ0n) is 9.95. The molecular formula is C12H12N2O3S. The summed E-state index contributed by atoms with van der Waals surface area (Å²) in [5.41, 5.74) is 1.97. The quantitative estimate of drug-likeness (QED) is 0.855. The molecule has 0 aliphatic heterocycles. The van der Waals surface area contributed by atoms with Crippen molar-refractivity contribution >= 4 is 17.7 Å². The molecule has 1 atom stereocenters. The van der Waals surface area contributed by atoms with E-state index in [-0.39, 0.29) is 5.22 Å². The molecule has 1 aromatic carbocycles. The van der Waals surface area contributed by atoms with E-state index in [9.17, 15) is 4.79 Å². The first-order valence-electron chi connectivity index (χ1n) is 5.36. The molecule has 0 aliphatic rings. The third-order valence-electron chi connectivity index (χ3n) is 2.33. The molecule has 1 N–H and O–H groups in total. The van der Waals surface area contributed by atoms with Crippen LogP contribution < -0.4 is 0 Å². The molecule has 1 aromatic heterocycles. The topological polar surface area (TPSA) is 76.2 Å². The lowest BCUT2D eigenvalue weighted by Crippen LogP contribution is -2.10. The number of thioether (sulfide) groups is 1. The van der Waals surface area contributed by atoms with E-state index in [1.807, 2.05) is 31.2 Å². The van der Waals surface area contributed by atoms with Crippen LogP contribution in [0.5, 0.6) is 0 Å². The molecule has 1 unspecified atom stereocenters. The third-order valence-corrected chi connectivity index (χ3v) is 3.25. The van der Waals surface area contributed by atoms with Crippen LogP contribution in [0.25, 0.3) is 11.5 Å². The summed E-state index contributed by atoms with van der Waals surface area (Å²) >= 11 is 1.03. The summed E-state index contributed by atoms with van der Waals surface area (Å²) in [4.78, 5) is 10.7. The highest BCUT2D eigenvalue weighted by atomic mass is 32.2. The second kappa shape index (κ2) is 5.22. The summed E-state index contributed by atoms with van der Waals surface area (Å²) in [6.45, 7) is 3.57. The van der Waals surface area contributed by atoms with Crippen molar-refractivity contribution in [2.45, 2.75) is 24.3 Å². The van der Waals surface area contributed by atoms with Crippen molar-refractivity contribution in [3.05, 3.63) is 29.8 Å². The van der Waals surface area contributed by atoms with Gasteiger partial charge in [0.1, 0.15) is 5.25 Å². The summed E-state index contributed by atoms with van der Waals surface area (Å²) in [6.07, 6.45) is 0. The first kappa shape index (κ1) is 12.6. The smallest absolute Gasteiger partial charge is 0.316 e. The molecule has 1 heterocycles. The van der Waals surface area contributed by atoms with Gasteiger partial charge in [0, 0.05) is 5.56 Å². The van der Waals surface area contributed by atoms with Crippen LogP contribution in [0, 0.1) is 6.92 Å². The highest BCUT2D eigenvalue weighted by Crippen LogP contribution is 2.26. The fraction of sp³-hybridized carbons (Fsp3) is 0.250. The maximum absolute atomic E-state index is 10.7. The summed E-state index contributed by atoms with van der Waals surface area (Å²) in [6, 6.07) is 7.67. The Morgan fingerprint density at radius 2 is 2.00 bits per heavy atom. The summed E-state index contributed by atoms with van der Waals surface area (Å²) in [5, 5.41) is 16.2. The van der Waals surface area contributed by atoms with Crippen molar-refractivity contribution < 1.29 is 14.3 Å². The number of rotatable bonds is 4. The molecule has 0 bridgehead atoms. The fourth-order valence-corrected chi connectivity index (χ4v) is 1.89. The van der Waals surface area contributed by atoms with Gasteiger partial charge < -0.3 is 9.52 Å². The number of carboxylic acids is 1. The van der Waals surface area contributed by atoms with Crippen LogP contribution in [0.4, 0.5) is 0 Å². The Morgan fingerprint density at radius 1 is 1.33 bits per heavy atom. The molecule has 0 aliphatic carbocycles. The Bertz CT molecular complexity index is 551. The number of aliphatic carboxylic acids is 1. The molecule has 0 saturated heterocycles. The highest BCUT2D eigenvalue weighted by molar-refractivity contribution is 8.00. The number of hydrogen-bond donors (Lipinski definition) is 1. The van der Waals surface area contributed by atoms with Crippen LogP contribution in [-0.4, -0.2) is 26.5 Å². The van der Waals surface area contributed by atoms with Gasteiger partial charge in [-0.2, -0.15) is 0 Å². The van der Waals surface area contributed by atoms with Crippen LogP contribution in [0.15, 0.2) is 33.9 Å². The van der Waals surface area contributed by atoms with E-state index in [1.54, 1.807) is 6.92 Å². The average molecular weight is 264 g/mol. The van der Waals surface area contributed by atoms with E-state index in [2.05, 4.69) is 10.2 Å². The maximum Gasteiger partial charge on any atom is 0.316 e. The predicted octanol–water partition coefficient (Wildman–Crippen LogP) is 2.61. The van der Waals surface area contributed by atoms with E-state index >= 15 is 0 Å². The molecule has 0 spiro atoms. The van der Waals surface area contributed by atoms with Gasteiger partial charge >= 0.3 is 5.97 Å². The van der Waals surface area contributed by atoms with Crippen LogP contribution in [0.2, 0.25) is 0 Å². The molecule has 6 heteroatoms. The number of hydrogen-bond acceptors (Lipinski definition) is 5. The van der Waals surface area contributed by atoms with Gasteiger partial charge in [-0.05, 0) is 26.0 Å². The molecule has 94 valence electrons. The zero-order valence-corrected chi connectivity index (χ0v) is 10.8. The number of nitrogens with zero attached hydrogens (tertiary/aromatic N) is 2. The van der Waals surface area contributed by atoms with Gasteiger partial charge in [-0.25, -0.2) is 0 Å². The first-order chi connectivity index (χ1) is 8.56. The second-order valence-electron chi connectivity index (χ2n) is 3.84. The monoisotopic (exact) mass is 264 g/mol. The lowest BCUT2D eigenvalue weighted by molar-refractivity contribution is -0.136. The van der Waals surface area contributed by atoms with Crippen molar-refractivity contribution in [2.75, 3.05) is 0 Å². The highest BCUT2D eigenvalue weighted by Gasteiger charge is 2.17. The van der Waals surface area contributed by atoms with E-state index in [0.29, 0.717) is 5.89 Å². The molecule has 0 amide bonds. The number of carbonyl (C=O) groups is 1. The molecule has 0 fully saturated rings. The molecule has 0 saturated carbocycles. The van der Waals surface area contributed by atoms with E-state index < -0.39 is 11.2 Å².